The van der Waals surface area contributed by atoms with Gasteiger partial charge in [0.05, 0.1) is 19.3 Å². The van der Waals surface area contributed by atoms with E-state index in [-0.39, 0.29) is 6.10 Å². The Hall–Kier alpha value is -2.57. The first-order valence-electron chi connectivity index (χ1n) is 9.63. The summed E-state index contributed by atoms with van der Waals surface area (Å²) in [5, 5.41) is 3.16. The van der Waals surface area contributed by atoms with Gasteiger partial charge in [0.1, 0.15) is 12.4 Å². The smallest absolute Gasteiger partial charge is 0.193 e. The second-order valence-corrected chi connectivity index (χ2v) is 6.97. The summed E-state index contributed by atoms with van der Waals surface area (Å²) in [5.41, 5.74) is 10.2. The molecule has 3 N–H and O–H groups in total. The molecule has 0 amide bonds. The maximum absolute atomic E-state index is 6.11. The molecule has 0 radical (unpaired) electrons. The van der Waals surface area contributed by atoms with Gasteiger partial charge in [-0.15, -0.1) is 0 Å². The average Bonchev–Trinajstić information content (AvgIpc) is 3.21. The molecule has 2 aromatic carbocycles. The van der Waals surface area contributed by atoms with Crippen molar-refractivity contribution in [1.29, 1.82) is 0 Å². The van der Waals surface area contributed by atoms with Crippen molar-refractivity contribution in [2.75, 3.05) is 25.6 Å². The van der Waals surface area contributed by atoms with E-state index in [1.165, 1.54) is 0 Å². The number of benzene rings is 2. The highest BCUT2D eigenvalue weighted by molar-refractivity contribution is 5.93. The molecule has 150 valence electrons. The van der Waals surface area contributed by atoms with Crippen molar-refractivity contribution >= 4 is 11.6 Å². The van der Waals surface area contributed by atoms with Crippen molar-refractivity contribution in [1.82, 2.24) is 0 Å². The normalized spacial score (nSPS) is 16.9. The van der Waals surface area contributed by atoms with E-state index in [1.54, 1.807) is 7.11 Å². The van der Waals surface area contributed by atoms with E-state index < -0.39 is 0 Å². The molecule has 0 bridgehead atoms. The topological polar surface area (TPSA) is 78.1 Å². The predicted molar refractivity (Wildman–Crippen MR) is 112 cm³/mol. The molecular weight excluding hydrogens is 354 g/mol. The van der Waals surface area contributed by atoms with E-state index in [9.17, 15) is 0 Å². The summed E-state index contributed by atoms with van der Waals surface area (Å²) in [6, 6.07) is 14.0. The van der Waals surface area contributed by atoms with Crippen LogP contribution in [0.2, 0.25) is 0 Å². The summed E-state index contributed by atoms with van der Waals surface area (Å²) in [5.74, 6) is 1.20. The Balaban J connectivity index is 1.65. The van der Waals surface area contributed by atoms with E-state index in [0.29, 0.717) is 25.7 Å². The Morgan fingerprint density at radius 2 is 2.11 bits per heavy atom. The average molecular weight is 383 g/mol. The number of hydrogen-bond donors (Lipinski definition) is 2. The summed E-state index contributed by atoms with van der Waals surface area (Å²) in [7, 11) is 1.67. The van der Waals surface area contributed by atoms with Crippen LogP contribution in [-0.2, 0) is 22.6 Å². The SMILES string of the molecule is COCc1ccccc1NC(N)=NCc1ccc(C)cc1OCC1CCCO1. The molecule has 0 saturated carbocycles. The number of nitrogens with one attached hydrogen (secondary N) is 1. The van der Waals surface area contributed by atoms with E-state index in [4.69, 9.17) is 19.9 Å². The van der Waals surface area contributed by atoms with Crippen LogP contribution in [-0.4, -0.2) is 32.4 Å². The first kappa shape index (κ1) is 20.2. The molecule has 1 aliphatic heterocycles. The van der Waals surface area contributed by atoms with Crippen molar-refractivity contribution in [2.45, 2.75) is 39.0 Å². The number of ether oxygens (including phenoxy) is 3. The molecule has 2 aromatic rings. The Kier molecular flexibility index (Phi) is 7.28. The number of anilines is 1. The largest absolute Gasteiger partial charge is 0.491 e. The van der Waals surface area contributed by atoms with Crippen LogP contribution in [0, 0.1) is 6.92 Å². The lowest BCUT2D eigenvalue weighted by molar-refractivity contribution is 0.0676. The second-order valence-electron chi connectivity index (χ2n) is 6.97. The second kappa shape index (κ2) is 10.1. The highest BCUT2D eigenvalue weighted by atomic mass is 16.5. The molecular formula is C22H29N3O3. The van der Waals surface area contributed by atoms with Gasteiger partial charge in [0.25, 0.3) is 0 Å². The third-order valence-corrected chi connectivity index (χ3v) is 4.67. The Bertz CT molecular complexity index is 801. The molecule has 1 unspecified atom stereocenters. The monoisotopic (exact) mass is 383 g/mol. The van der Waals surface area contributed by atoms with Crippen molar-refractivity contribution in [3.63, 3.8) is 0 Å². The lowest BCUT2D eigenvalue weighted by atomic mass is 10.1. The Morgan fingerprint density at radius 3 is 2.89 bits per heavy atom. The zero-order chi connectivity index (χ0) is 19.8. The number of nitrogens with zero attached hydrogens (tertiary/aromatic N) is 1. The summed E-state index contributed by atoms with van der Waals surface area (Å²) in [6.07, 6.45) is 2.34. The number of para-hydroxylation sites is 1. The molecule has 0 aromatic heterocycles. The van der Waals surface area contributed by atoms with Crippen LogP contribution >= 0.6 is 0 Å². The molecule has 1 heterocycles. The number of aliphatic imine (C=N–C) groups is 1. The van der Waals surface area contributed by atoms with Crippen molar-refractivity contribution in [3.05, 3.63) is 59.2 Å². The zero-order valence-corrected chi connectivity index (χ0v) is 16.6. The van der Waals surface area contributed by atoms with Crippen LogP contribution in [0.15, 0.2) is 47.5 Å². The quantitative estimate of drug-likeness (QED) is 0.538. The molecule has 0 aliphatic carbocycles. The number of aryl methyl sites for hydroxylation is 1. The van der Waals surface area contributed by atoms with Crippen LogP contribution in [0.4, 0.5) is 5.69 Å². The van der Waals surface area contributed by atoms with E-state index in [2.05, 4.69) is 23.3 Å². The zero-order valence-electron chi connectivity index (χ0n) is 16.6. The van der Waals surface area contributed by atoms with Crippen LogP contribution in [0.25, 0.3) is 0 Å². The van der Waals surface area contributed by atoms with Crippen LogP contribution in [0.5, 0.6) is 5.75 Å². The molecule has 1 aliphatic rings. The number of guanidine groups is 1. The fourth-order valence-electron chi connectivity index (χ4n) is 3.16. The lowest BCUT2D eigenvalue weighted by Crippen LogP contribution is -2.23. The standard InChI is InChI=1S/C22H29N3O3/c1-16-9-10-17(21(12-16)28-15-19-7-5-11-27-19)13-24-22(23)25-20-8-4-3-6-18(20)14-26-2/h3-4,6,8-10,12,19H,5,7,11,13-15H2,1-2H3,(H3,23,24,25). The maximum atomic E-state index is 6.11. The Labute approximate surface area is 166 Å². The molecule has 0 spiro atoms. The van der Waals surface area contributed by atoms with Crippen molar-refractivity contribution < 1.29 is 14.2 Å². The molecule has 6 nitrogen and oxygen atoms in total. The summed E-state index contributed by atoms with van der Waals surface area (Å²) >= 11 is 0. The van der Waals surface area contributed by atoms with E-state index >= 15 is 0 Å². The van der Waals surface area contributed by atoms with Gasteiger partial charge >= 0.3 is 0 Å². The lowest BCUT2D eigenvalue weighted by Gasteiger charge is -2.15. The van der Waals surface area contributed by atoms with Gasteiger partial charge in [0, 0.05) is 30.5 Å². The van der Waals surface area contributed by atoms with Gasteiger partial charge in [-0.25, -0.2) is 4.99 Å². The van der Waals surface area contributed by atoms with Crippen LogP contribution in [0.1, 0.15) is 29.5 Å². The number of nitrogens with two attached hydrogens (primary N) is 1. The molecule has 28 heavy (non-hydrogen) atoms. The van der Waals surface area contributed by atoms with Crippen LogP contribution < -0.4 is 15.8 Å². The third-order valence-electron chi connectivity index (χ3n) is 4.67. The van der Waals surface area contributed by atoms with Gasteiger partial charge in [-0.3, -0.25) is 0 Å². The number of methoxy groups -OCH3 is 1. The van der Waals surface area contributed by atoms with Gasteiger partial charge in [-0.1, -0.05) is 30.3 Å². The van der Waals surface area contributed by atoms with Crippen molar-refractivity contribution in [3.8, 4) is 5.75 Å². The molecule has 1 atom stereocenters. The first-order valence-corrected chi connectivity index (χ1v) is 9.63. The number of hydrogen-bond acceptors (Lipinski definition) is 4. The van der Waals surface area contributed by atoms with Crippen LogP contribution in [0.3, 0.4) is 0 Å². The highest BCUT2D eigenvalue weighted by Crippen LogP contribution is 2.23. The van der Waals surface area contributed by atoms with E-state index in [0.717, 1.165) is 47.6 Å². The molecule has 1 saturated heterocycles. The van der Waals surface area contributed by atoms with Gasteiger partial charge in [0.2, 0.25) is 0 Å². The minimum Gasteiger partial charge on any atom is -0.491 e. The van der Waals surface area contributed by atoms with Crippen molar-refractivity contribution in [2.24, 2.45) is 10.7 Å². The fraction of sp³-hybridized carbons (Fsp3) is 0.409. The Morgan fingerprint density at radius 1 is 1.25 bits per heavy atom. The third kappa shape index (κ3) is 5.71. The van der Waals surface area contributed by atoms with E-state index in [1.807, 2.05) is 36.4 Å². The highest BCUT2D eigenvalue weighted by Gasteiger charge is 2.17. The summed E-state index contributed by atoms with van der Waals surface area (Å²) < 4.78 is 16.9. The number of rotatable bonds is 8. The summed E-state index contributed by atoms with van der Waals surface area (Å²) in [6.45, 7) is 4.39. The minimum atomic E-state index is 0.181. The fourth-order valence-corrected chi connectivity index (χ4v) is 3.16. The molecule has 6 heteroatoms. The van der Waals surface area contributed by atoms with Gasteiger partial charge in [-0.2, -0.15) is 0 Å². The maximum Gasteiger partial charge on any atom is 0.193 e. The minimum absolute atomic E-state index is 0.181. The van der Waals surface area contributed by atoms with Gasteiger partial charge in [0.15, 0.2) is 5.96 Å². The van der Waals surface area contributed by atoms with Gasteiger partial charge in [-0.05, 0) is 37.5 Å². The van der Waals surface area contributed by atoms with Gasteiger partial charge < -0.3 is 25.3 Å². The molecule has 3 rings (SSSR count). The first-order chi connectivity index (χ1) is 13.7. The predicted octanol–water partition coefficient (Wildman–Crippen LogP) is 3.63. The molecule has 1 fully saturated rings. The summed E-state index contributed by atoms with van der Waals surface area (Å²) in [4.78, 5) is 4.49.